The molecule has 1 fully saturated rings. The molecule has 37 N–H and O–H groups in total. The minimum atomic E-state index is -1.67. The molecule has 1 rings (SSSR count). The molecule has 11 atom stereocenters. The van der Waals surface area contributed by atoms with Crippen molar-refractivity contribution in [3.63, 3.8) is 0 Å². The molecule has 102 heavy (non-hydrogen) atoms. The molecule has 1 aliphatic heterocycles. The largest absolute Gasteiger partial charge is 0.370 e. The summed E-state index contributed by atoms with van der Waals surface area (Å²) in [6.45, 7) is 3.19. The Morgan fingerprint density at radius 1 is 0.363 bits per heavy atom. The molecule has 43 nitrogen and oxygen atoms in total. The number of primary amides is 5. The number of likely N-dealkylation sites (tertiary alicyclic amines) is 1. The number of rotatable bonds is 52. The first-order valence-corrected chi connectivity index (χ1v) is 33.5. The molecule has 1 heterocycles. The third-order valence-corrected chi connectivity index (χ3v) is 15.9. The van der Waals surface area contributed by atoms with Gasteiger partial charge < -0.3 is 131 Å². The van der Waals surface area contributed by atoms with Gasteiger partial charge in [-0.25, -0.2) is 0 Å². The van der Waals surface area contributed by atoms with Crippen LogP contribution in [-0.4, -0.2) is 217 Å². The third-order valence-electron chi connectivity index (χ3n) is 15.9. The molecule has 0 aliphatic carbocycles. The summed E-state index contributed by atoms with van der Waals surface area (Å²) in [5, 5.41) is 63.0. The van der Waals surface area contributed by atoms with Crippen LogP contribution in [0.25, 0.3) is 0 Å². The highest BCUT2D eigenvalue weighted by Gasteiger charge is 2.41. The predicted molar refractivity (Wildman–Crippen MR) is 369 cm³/mol. The number of nitrogens with two attached hydrogens (primary N) is 10. The van der Waals surface area contributed by atoms with Crippen LogP contribution in [0.1, 0.15) is 149 Å². The second-order valence-corrected chi connectivity index (χ2v) is 24.4. The average molecular weight is 1450 g/mol. The van der Waals surface area contributed by atoms with Crippen molar-refractivity contribution >= 4 is 112 Å². The van der Waals surface area contributed by atoms with Crippen LogP contribution in [0, 0.1) is 27.6 Å². The maximum Gasteiger partial charge on any atom is 0.245 e. The van der Waals surface area contributed by atoms with Crippen molar-refractivity contribution in [2.24, 2.45) is 63.3 Å². The Balaban J connectivity index is 3.74. The van der Waals surface area contributed by atoms with Crippen LogP contribution in [-0.2, 0) is 71.9 Å². The topological polar surface area (TPSA) is 771 Å². The Morgan fingerprint density at radius 3 is 1.03 bits per heavy atom. The number of hydrogen-bond donors (Lipinski definition) is 27. The fourth-order valence-corrected chi connectivity index (χ4v) is 10.3. The number of carbonyl (C=O) groups is 15. The maximum absolute atomic E-state index is 14.9. The molecule has 15 amide bonds. The minimum Gasteiger partial charge on any atom is -0.370 e. The summed E-state index contributed by atoms with van der Waals surface area (Å²) >= 11 is 0. The molecular formula is C59H108N28O15. The average Bonchev–Trinajstić information content (AvgIpc) is 1.54. The molecule has 1 aliphatic rings. The van der Waals surface area contributed by atoms with Crippen molar-refractivity contribution in [2.75, 3.05) is 39.3 Å². The van der Waals surface area contributed by atoms with E-state index in [1.807, 2.05) is 0 Å². The van der Waals surface area contributed by atoms with Crippen molar-refractivity contribution in [1.82, 2.24) is 74.0 Å². The van der Waals surface area contributed by atoms with Crippen molar-refractivity contribution in [1.29, 1.82) is 21.6 Å². The van der Waals surface area contributed by atoms with Crippen molar-refractivity contribution in [3.8, 4) is 0 Å². The number of amides is 15. The molecular weight excluding hydrogens is 1340 g/mol. The van der Waals surface area contributed by atoms with Gasteiger partial charge in [-0.15, -0.1) is 0 Å². The first kappa shape index (κ1) is 89.1. The highest BCUT2D eigenvalue weighted by Crippen LogP contribution is 2.21. The lowest BCUT2D eigenvalue weighted by atomic mass is 10.0. The van der Waals surface area contributed by atoms with Gasteiger partial charge in [0.1, 0.15) is 60.4 Å². The first-order chi connectivity index (χ1) is 48.0. The van der Waals surface area contributed by atoms with Crippen LogP contribution in [0.5, 0.6) is 0 Å². The lowest BCUT2D eigenvalue weighted by molar-refractivity contribution is -0.143. The molecule has 0 spiro atoms. The molecule has 0 aromatic rings. The van der Waals surface area contributed by atoms with Gasteiger partial charge in [-0.2, -0.15) is 0 Å². The van der Waals surface area contributed by atoms with E-state index in [-0.39, 0.29) is 122 Å². The van der Waals surface area contributed by atoms with Crippen molar-refractivity contribution in [3.05, 3.63) is 0 Å². The van der Waals surface area contributed by atoms with Gasteiger partial charge in [0.25, 0.3) is 0 Å². The normalized spacial score (nSPS) is 15.2. The van der Waals surface area contributed by atoms with Crippen LogP contribution >= 0.6 is 0 Å². The Hall–Kier alpha value is -10.9. The van der Waals surface area contributed by atoms with Gasteiger partial charge in [0.2, 0.25) is 88.6 Å². The molecule has 0 unspecified atom stereocenters. The molecule has 574 valence electrons. The van der Waals surface area contributed by atoms with Gasteiger partial charge in [0, 0.05) is 64.3 Å². The van der Waals surface area contributed by atoms with Gasteiger partial charge in [0.15, 0.2) is 23.8 Å². The SMILES string of the molecule is C[C@H](NC(=O)[C@H](CCC(N)=O)NC(=O)[C@@H](C)CCCNC(=N)N)C(=O)N[C@@H](CCC(N)=O)C(=O)N[C@@H](CCCNC(=N)N)C(=O)N[C@@H](CCCNC(=N)N)C(=O)N1CCC[C@H]1C(=O)N[C@@H](CCC(N)=O)C(=O)N[C@@H](CCCNC(=N)N)C(=O)N[C@@H](CCC(N)=O)C(=O)N[C@@H](CCCCN)C(N)=O. The lowest BCUT2D eigenvalue weighted by Gasteiger charge is -2.31. The number of hydrogen-bond acceptors (Lipinski definition) is 20. The van der Waals surface area contributed by atoms with E-state index in [9.17, 15) is 71.9 Å². The van der Waals surface area contributed by atoms with E-state index in [1.165, 1.54) is 6.92 Å². The Labute approximate surface area is 589 Å². The predicted octanol–water partition coefficient (Wildman–Crippen LogP) is -10.3. The van der Waals surface area contributed by atoms with Crippen molar-refractivity contribution in [2.45, 2.75) is 209 Å². The monoisotopic (exact) mass is 1450 g/mol. The summed E-state index contributed by atoms with van der Waals surface area (Å²) in [6.07, 6.45) is -2.21. The Morgan fingerprint density at radius 2 is 0.667 bits per heavy atom. The maximum atomic E-state index is 14.9. The zero-order valence-electron chi connectivity index (χ0n) is 57.8. The van der Waals surface area contributed by atoms with Crippen LogP contribution in [0.4, 0.5) is 0 Å². The van der Waals surface area contributed by atoms with Crippen molar-refractivity contribution < 1.29 is 71.9 Å². The molecule has 0 radical (unpaired) electrons. The van der Waals surface area contributed by atoms with Crippen LogP contribution in [0.15, 0.2) is 0 Å². The molecule has 43 heteroatoms. The summed E-state index contributed by atoms with van der Waals surface area (Å²) in [6, 6.07) is -15.0. The van der Waals surface area contributed by atoms with Crippen LogP contribution in [0.3, 0.4) is 0 Å². The van der Waals surface area contributed by atoms with Gasteiger partial charge in [0.05, 0.1) is 0 Å². The third kappa shape index (κ3) is 37.3. The van der Waals surface area contributed by atoms with E-state index in [0.29, 0.717) is 25.7 Å². The summed E-state index contributed by atoms with van der Waals surface area (Å²) in [5.41, 5.74) is 54.6. The quantitative estimate of drug-likeness (QED) is 0.0153. The fraction of sp³-hybridized carbons (Fsp3) is 0.678. The fourth-order valence-electron chi connectivity index (χ4n) is 10.3. The van der Waals surface area contributed by atoms with Crippen LogP contribution < -0.4 is 126 Å². The second kappa shape index (κ2) is 48.0. The Kier molecular flexibility index (Phi) is 41.9. The summed E-state index contributed by atoms with van der Waals surface area (Å²) < 4.78 is 0. The molecule has 0 aromatic heterocycles. The smallest absolute Gasteiger partial charge is 0.245 e. The molecule has 0 saturated carbocycles. The number of nitrogens with zero attached hydrogens (tertiary/aromatic N) is 1. The zero-order chi connectivity index (χ0) is 77.2. The van der Waals surface area contributed by atoms with Gasteiger partial charge in [-0.1, -0.05) is 6.92 Å². The van der Waals surface area contributed by atoms with Gasteiger partial charge in [-0.05, 0) is 123 Å². The molecule has 0 bridgehead atoms. The second-order valence-electron chi connectivity index (χ2n) is 24.4. The zero-order valence-corrected chi connectivity index (χ0v) is 57.8. The summed E-state index contributed by atoms with van der Waals surface area (Å²) in [7, 11) is 0. The summed E-state index contributed by atoms with van der Waals surface area (Å²) in [4.78, 5) is 203. The van der Waals surface area contributed by atoms with E-state index in [2.05, 4.69) is 69.1 Å². The summed E-state index contributed by atoms with van der Waals surface area (Å²) in [5.74, 6) is -16.1. The Bertz CT molecular complexity index is 2940. The highest BCUT2D eigenvalue weighted by molar-refractivity contribution is 6.00. The lowest BCUT2D eigenvalue weighted by Crippen LogP contribution is -2.60. The van der Waals surface area contributed by atoms with E-state index in [0.717, 1.165) is 4.90 Å². The highest BCUT2D eigenvalue weighted by atomic mass is 16.2. The standard InChI is InChI=1S/C59H108N28O15/c1-30(10-5-25-74-56(66)67)46(93)80-35(16-20-41(61)88)48(95)78-31(2)47(94)81-36(17-21-42(62)89)52(99)83-34(13-7-27-76-58(70)71)50(97)86-39(14-8-28-77-59(72)73)55(102)87-29-9-15-40(87)54(101)85-38(19-23-44(64)91)53(100)82-33(12-6-26-75-57(68)69)49(96)84-37(18-22-43(63)90)51(98)79-32(45(65)92)11-3-4-24-60/h30-40H,3-29,60H2,1-2H3,(H2,61,88)(H2,62,89)(H2,63,90)(H2,64,91)(H2,65,92)(H,78,95)(H,79,98)(H,80,93)(H,81,94)(H,82,100)(H,83,99)(H,84,96)(H,85,101)(H,86,97)(H4,66,67,74)(H4,68,69,75)(H4,70,71,76)(H4,72,73,77)/t30-,31-,32-,33-,34-,35-,36-,37-,38-,39-,40-/m0/s1. The number of unbranched alkanes of at least 4 members (excludes halogenated alkanes) is 1. The van der Waals surface area contributed by atoms with Crippen LogP contribution in [0.2, 0.25) is 0 Å². The molecule has 0 aromatic carbocycles. The first-order valence-electron chi connectivity index (χ1n) is 33.5. The van der Waals surface area contributed by atoms with E-state index < -0.39 is 205 Å². The van der Waals surface area contributed by atoms with Gasteiger partial charge in [-0.3, -0.25) is 93.6 Å². The number of nitrogens with one attached hydrogen (secondary N) is 17. The van der Waals surface area contributed by atoms with Gasteiger partial charge >= 0.3 is 0 Å². The molecule has 1 saturated heterocycles. The van der Waals surface area contributed by atoms with E-state index in [1.54, 1.807) is 6.92 Å². The number of guanidine groups is 4. The van der Waals surface area contributed by atoms with E-state index in [4.69, 9.17) is 79.0 Å². The van der Waals surface area contributed by atoms with E-state index >= 15 is 0 Å². The number of carbonyl (C=O) groups excluding carboxylic acids is 15. The minimum absolute atomic E-state index is 0.00876.